The number of carboxylic acids is 1. The molecule has 0 saturated carbocycles. The third kappa shape index (κ3) is 6.66. The summed E-state index contributed by atoms with van der Waals surface area (Å²) in [6, 6.07) is 36.6. The molecule has 0 aliphatic rings. The van der Waals surface area contributed by atoms with E-state index >= 15 is 0 Å². The van der Waals surface area contributed by atoms with Crippen molar-refractivity contribution < 1.29 is 24.1 Å². The highest BCUT2D eigenvalue weighted by Gasteiger charge is 2.17. The molecule has 4 aromatic carbocycles. The van der Waals surface area contributed by atoms with E-state index in [1.54, 1.807) is 25.3 Å². The predicted octanol–water partition coefficient (Wildman–Crippen LogP) is 7.20. The van der Waals surface area contributed by atoms with Crippen molar-refractivity contribution >= 4 is 5.97 Å². The van der Waals surface area contributed by atoms with Crippen LogP contribution in [0.15, 0.2) is 115 Å². The zero-order valence-corrected chi connectivity index (χ0v) is 22.1. The highest BCUT2D eigenvalue weighted by molar-refractivity contribution is 5.89. The van der Waals surface area contributed by atoms with Crippen LogP contribution in [0.3, 0.4) is 0 Å². The van der Waals surface area contributed by atoms with E-state index in [1.165, 1.54) is 5.56 Å². The highest BCUT2D eigenvalue weighted by Crippen LogP contribution is 2.34. The minimum absolute atomic E-state index is 0.00384. The summed E-state index contributed by atoms with van der Waals surface area (Å²) in [5.74, 6) is 0.802. The molecule has 0 saturated heterocycles. The summed E-state index contributed by atoms with van der Waals surface area (Å²) in [6.07, 6.45) is 0.824. The number of carboxylic acid groups (broad SMARTS) is 1. The standard InChI is InChI=1S/C34H29NO5/c1-38-28-16-17-29(33(21-28)40-22-26-10-6-3-7-11-26)31-19-18-30(34(36)37)32(35-31)23-39-27-14-12-25(13-15-27)20-24-8-4-2-5-9-24/h2-19,21H,20,22-23H2,1H3,(H,36,37). The van der Waals surface area contributed by atoms with Crippen LogP contribution in [0.4, 0.5) is 0 Å². The number of aromatic nitrogens is 1. The van der Waals surface area contributed by atoms with Crippen LogP contribution in [0.1, 0.15) is 32.7 Å². The molecule has 0 bridgehead atoms. The number of benzene rings is 4. The Morgan fingerprint density at radius 2 is 1.35 bits per heavy atom. The minimum atomic E-state index is -1.06. The smallest absolute Gasteiger partial charge is 0.337 e. The van der Waals surface area contributed by atoms with E-state index in [1.807, 2.05) is 84.9 Å². The molecule has 0 fully saturated rings. The number of nitrogens with zero attached hydrogens (tertiary/aromatic N) is 1. The van der Waals surface area contributed by atoms with Gasteiger partial charge in [0.25, 0.3) is 0 Å². The van der Waals surface area contributed by atoms with Gasteiger partial charge < -0.3 is 19.3 Å². The maximum atomic E-state index is 12.0. The zero-order chi connectivity index (χ0) is 27.7. The molecular weight excluding hydrogens is 502 g/mol. The Kier molecular flexibility index (Phi) is 8.37. The fourth-order valence-electron chi connectivity index (χ4n) is 4.34. The normalized spacial score (nSPS) is 10.6. The SMILES string of the molecule is COc1ccc(-c2ccc(C(=O)O)c(COc3ccc(Cc4ccccc4)cc3)n2)c(OCc2ccccc2)c1. The first-order chi connectivity index (χ1) is 19.6. The summed E-state index contributed by atoms with van der Waals surface area (Å²) >= 11 is 0. The van der Waals surface area contributed by atoms with Crippen LogP contribution in [0.5, 0.6) is 17.2 Å². The molecule has 5 rings (SSSR count). The van der Waals surface area contributed by atoms with Crippen LogP contribution >= 0.6 is 0 Å². The van der Waals surface area contributed by atoms with Crippen LogP contribution in [-0.4, -0.2) is 23.2 Å². The van der Waals surface area contributed by atoms with E-state index < -0.39 is 5.97 Å². The maximum Gasteiger partial charge on any atom is 0.337 e. The van der Waals surface area contributed by atoms with Gasteiger partial charge in [0.15, 0.2) is 0 Å². The van der Waals surface area contributed by atoms with E-state index in [0.29, 0.717) is 35.2 Å². The Morgan fingerprint density at radius 3 is 2.02 bits per heavy atom. The van der Waals surface area contributed by atoms with Gasteiger partial charge in [0.05, 0.1) is 24.1 Å². The van der Waals surface area contributed by atoms with Crippen molar-refractivity contribution in [3.8, 4) is 28.5 Å². The van der Waals surface area contributed by atoms with Gasteiger partial charge in [-0.05, 0) is 59.5 Å². The van der Waals surface area contributed by atoms with Gasteiger partial charge in [0, 0.05) is 11.6 Å². The van der Waals surface area contributed by atoms with Gasteiger partial charge >= 0.3 is 5.97 Å². The average molecular weight is 532 g/mol. The first kappa shape index (κ1) is 26.5. The molecule has 6 heteroatoms. The lowest BCUT2D eigenvalue weighted by molar-refractivity contribution is 0.0693. The molecule has 6 nitrogen and oxygen atoms in total. The second-order valence-corrected chi connectivity index (χ2v) is 9.23. The molecule has 0 atom stereocenters. The van der Waals surface area contributed by atoms with Gasteiger partial charge in [-0.2, -0.15) is 0 Å². The van der Waals surface area contributed by atoms with Crippen molar-refractivity contribution in [1.82, 2.24) is 4.98 Å². The fourth-order valence-corrected chi connectivity index (χ4v) is 4.34. The third-order valence-corrected chi connectivity index (χ3v) is 6.46. The molecule has 1 heterocycles. The Hall–Kier alpha value is -5.10. The molecule has 200 valence electrons. The van der Waals surface area contributed by atoms with Crippen LogP contribution in [-0.2, 0) is 19.6 Å². The number of aromatic carboxylic acids is 1. The summed E-state index contributed by atoms with van der Waals surface area (Å²) in [6.45, 7) is 0.369. The fraction of sp³-hybridized carbons (Fsp3) is 0.118. The third-order valence-electron chi connectivity index (χ3n) is 6.46. The number of carbonyl (C=O) groups is 1. The summed E-state index contributed by atoms with van der Waals surface area (Å²) < 4.78 is 17.5. The first-order valence-electron chi connectivity index (χ1n) is 12.9. The van der Waals surface area contributed by atoms with E-state index in [2.05, 4.69) is 12.1 Å². The molecule has 0 radical (unpaired) electrons. The van der Waals surface area contributed by atoms with Crippen molar-refractivity contribution in [1.29, 1.82) is 0 Å². The molecular formula is C34H29NO5. The lowest BCUT2D eigenvalue weighted by Crippen LogP contribution is -2.09. The molecule has 1 N–H and O–H groups in total. The van der Waals surface area contributed by atoms with Crippen LogP contribution in [0.25, 0.3) is 11.3 Å². The van der Waals surface area contributed by atoms with Crippen LogP contribution in [0, 0.1) is 0 Å². The van der Waals surface area contributed by atoms with Gasteiger partial charge in [-0.15, -0.1) is 0 Å². The number of pyridine rings is 1. The second kappa shape index (κ2) is 12.6. The number of hydrogen-bond acceptors (Lipinski definition) is 5. The average Bonchev–Trinajstić information content (AvgIpc) is 3.00. The van der Waals surface area contributed by atoms with Crippen molar-refractivity contribution in [3.63, 3.8) is 0 Å². The van der Waals surface area contributed by atoms with E-state index in [4.69, 9.17) is 19.2 Å². The number of methoxy groups -OCH3 is 1. The second-order valence-electron chi connectivity index (χ2n) is 9.23. The van der Waals surface area contributed by atoms with E-state index in [9.17, 15) is 9.90 Å². The van der Waals surface area contributed by atoms with Crippen LogP contribution < -0.4 is 14.2 Å². The molecule has 1 aromatic heterocycles. The topological polar surface area (TPSA) is 77.9 Å². The Morgan fingerprint density at radius 1 is 0.700 bits per heavy atom. The molecule has 40 heavy (non-hydrogen) atoms. The molecule has 0 spiro atoms. The van der Waals surface area contributed by atoms with Gasteiger partial charge in [-0.3, -0.25) is 0 Å². The summed E-state index contributed by atoms with van der Waals surface area (Å²) in [7, 11) is 1.60. The number of ether oxygens (including phenoxy) is 3. The maximum absolute atomic E-state index is 12.0. The zero-order valence-electron chi connectivity index (χ0n) is 22.1. The summed E-state index contributed by atoms with van der Waals surface area (Å²) in [5, 5.41) is 9.80. The van der Waals surface area contributed by atoms with Crippen LogP contribution in [0.2, 0.25) is 0 Å². The molecule has 5 aromatic rings. The number of hydrogen-bond donors (Lipinski definition) is 1. The van der Waals surface area contributed by atoms with Crippen molar-refractivity contribution in [2.75, 3.05) is 7.11 Å². The molecule has 0 amide bonds. The van der Waals surface area contributed by atoms with Crippen molar-refractivity contribution in [2.45, 2.75) is 19.6 Å². The molecule has 0 unspecified atom stereocenters. The van der Waals surface area contributed by atoms with Crippen molar-refractivity contribution in [3.05, 3.63) is 143 Å². The number of rotatable bonds is 11. The molecule has 0 aliphatic carbocycles. The Labute approximate surface area is 233 Å². The largest absolute Gasteiger partial charge is 0.497 e. The lowest BCUT2D eigenvalue weighted by atomic mass is 10.1. The minimum Gasteiger partial charge on any atom is -0.497 e. The quantitative estimate of drug-likeness (QED) is 0.194. The van der Waals surface area contributed by atoms with Gasteiger partial charge in [0.1, 0.15) is 30.5 Å². The molecule has 0 aliphatic heterocycles. The lowest BCUT2D eigenvalue weighted by Gasteiger charge is -2.15. The predicted molar refractivity (Wildman–Crippen MR) is 154 cm³/mol. The van der Waals surface area contributed by atoms with Gasteiger partial charge in [-0.1, -0.05) is 72.8 Å². The Balaban J connectivity index is 1.36. The van der Waals surface area contributed by atoms with E-state index in [-0.39, 0.29) is 12.2 Å². The summed E-state index contributed by atoms with van der Waals surface area (Å²) in [4.78, 5) is 16.7. The van der Waals surface area contributed by atoms with E-state index in [0.717, 1.165) is 23.1 Å². The highest BCUT2D eigenvalue weighted by atomic mass is 16.5. The van der Waals surface area contributed by atoms with Gasteiger partial charge in [0.2, 0.25) is 0 Å². The van der Waals surface area contributed by atoms with Gasteiger partial charge in [-0.25, -0.2) is 9.78 Å². The monoisotopic (exact) mass is 531 g/mol. The Bertz CT molecular complexity index is 1570. The first-order valence-corrected chi connectivity index (χ1v) is 12.9. The summed E-state index contributed by atoms with van der Waals surface area (Å²) in [5.41, 5.74) is 5.12. The van der Waals surface area contributed by atoms with Crippen molar-refractivity contribution in [2.24, 2.45) is 0 Å².